The minimum absolute atomic E-state index is 0.147. The molecule has 0 atom stereocenters. The maximum atomic E-state index is 9.15. The van der Waals surface area contributed by atoms with Gasteiger partial charge in [0.05, 0.1) is 12.7 Å². The number of para-hydroxylation sites is 2. The van der Waals surface area contributed by atoms with Crippen molar-refractivity contribution in [2.24, 2.45) is 0 Å². The van der Waals surface area contributed by atoms with Crippen LogP contribution in [0, 0.1) is 0 Å². The lowest BCUT2D eigenvalue weighted by molar-refractivity contribution is -0.00403. The predicted molar refractivity (Wildman–Crippen MR) is 65.6 cm³/mol. The summed E-state index contributed by atoms with van der Waals surface area (Å²) in [6.45, 7) is 5.58. The van der Waals surface area contributed by atoms with Gasteiger partial charge >= 0.3 is 0 Å². The van der Waals surface area contributed by atoms with Gasteiger partial charge < -0.3 is 14.6 Å². The third kappa shape index (κ3) is 3.35. The summed E-state index contributed by atoms with van der Waals surface area (Å²) in [5.41, 5.74) is 0. The summed E-state index contributed by atoms with van der Waals surface area (Å²) in [6.07, 6.45) is -0.147. The number of aliphatic hydroxyl groups is 1. The number of hydrogen-bond donors (Lipinski definition) is 1. The maximum Gasteiger partial charge on any atom is 0.161 e. The van der Waals surface area contributed by atoms with E-state index in [1.54, 1.807) is 0 Å². The highest BCUT2D eigenvalue weighted by atomic mass is 16.5. The third-order valence-corrected chi connectivity index (χ3v) is 2.75. The van der Waals surface area contributed by atoms with E-state index < -0.39 is 0 Å². The Morgan fingerprint density at radius 3 is 2.47 bits per heavy atom. The first-order valence-electron chi connectivity index (χ1n) is 6.04. The molecule has 0 aromatic heterocycles. The lowest BCUT2D eigenvalue weighted by atomic mass is 10.2. The second-order valence-electron chi connectivity index (χ2n) is 4.14. The van der Waals surface area contributed by atoms with E-state index >= 15 is 0 Å². The van der Waals surface area contributed by atoms with Gasteiger partial charge in [-0.1, -0.05) is 12.1 Å². The molecule has 4 nitrogen and oxygen atoms in total. The van der Waals surface area contributed by atoms with Crippen LogP contribution in [0.15, 0.2) is 24.3 Å². The van der Waals surface area contributed by atoms with Crippen molar-refractivity contribution >= 4 is 0 Å². The molecule has 1 aliphatic heterocycles. The first-order chi connectivity index (χ1) is 8.29. The zero-order chi connectivity index (χ0) is 12.1. The van der Waals surface area contributed by atoms with E-state index in [4.69, 9.17) is 14.6 Å². The fourth-order valence-corrected chi connectivity index (χ4v) is 1.85. The molecule has 1 heterocycles. The minimum Gasteiger partial charge on any atom is -0.490 e. The van der Waals surface area contributed by atoms with Crippen LogP contribution in [0.5, 0.6) is 11.5 Å². The summed E-state index contributed by atoms with van der Waals surface area (Å²) >= 11 is 0. The molecule has 0 amide bonds. The molecule has 1 aromatic rings. The molecule has 0 radical (unpaired) electrons. The molecule has 0 unspecified atom stereocenters. The Balaban J connectivity index is 1.77. The normalized spacial score (nSPS) is 16.6. The van der Waals surface area contributed by atoms with Gasteiger partial charge in [-0.2, -0.15) is 0 Å². The molecule has 0 bridgehead atoms. The first kappa shape index (κ1) is 12.2. The molecule has 1 aliphatic rings. The molecule has 1 fully saturated rings. The van der Waals surface area contributed by atoms with E-state index in [1.807, 2.05) is 31.2 Å². The average Bonchev–Trinajstić information content (AvgIpc) is 2.29. The van der Waals surface area contributed by atoms with Gasteiger partial charge in [-0.3, -0.25) is 4.90 Å². The van der Waals surface area contributed by atoms with Crippen molar-refractivity contribution in [3.05, 3.63) is 24.3 Å². The molecule has 0 spiro atoms. The monoisotopic (exact) mass is 237 g/mol. The molecular weight excluding hydrogens is 218 g/mol. The Morgan fingerprint density at radius 1 is 1.24 bits per heavy atom. The van der Waals surface area contributed by atoms with Crippen LogP contribution in [0.2, 0.25) is 0 Å². The molecule has 1 saturated heterocycles. The lowest BCUT2D eigenvalue weighted by Gasteiger charge is -2.35. The summed E-state index contributed by atoms with van der Waals surface area (Å²) in [6, 6.07) is 7.69. The molecular formula is C13H19NO3. The summed E-state index contributed by atoms with van der Waals surface area (Å²) in [4.78, 5) is 2.16. The van der Waals surface area contributed by atoms with Crippen LogP contribution in [0.25, 0.3) is 0 Å². The van der Waals surface area contributed by atoms with Crippen molar-refractivity contribution in [2.45, 2.75) is 13.0 Å². The topological polar surface area (TPSA) is 41.9 Å². The summed E-state index contributed by atoms with van der Waals surface area (Å²) < 4.78 is 11.2. The zero-order valence-electron chi connectivity index (χ0n) is 10.1. The second-order valence-corrected chi connectivity index (χ2v) is 4.14. The van der Waals surface area contributed by atoms with Gasteiger partial charge in [0.2, 0.25) is 0 Å². The van der Waals surface area contributed by atoms with Crippen molar-refractivity contribution in [1.29, 1.82) is 0 Å². The predicted octanol–water partition coefficient (Wildman–Crippen LogP) is 1.14. The number of hydrogen-bond acceptors (Lipinski definition) is 4. The summed E-state index contributed by atoms with van der Waals surface area (Å²) in [5.74, 6) is 1.58. The number of ether oxygens (including phenoxy) is 2. The van der Waals surface area contributed by atoms with Crippen LogP contribution in [-0.4, -0.2) is 49.0 Å². The zero-order valence-corrected chi connectivity index (χ0v) is 10.1. The van der Waals surface area contributed by atoms with Gasteiger partial charge in [-0.25, -0.2) is 0 Å². The van der Waals surface area contributed by atoms with Crippen LogP contribution in [0.1, 0.15) is 6.92 Å². The molecule has 0 saturated carbocycles. The van der Waals surface area contributed by atoms with Crippen molar-refractivity contribution in [3.63, 3.8) is 0 Å². The first-order valence-corrected chi connectivity index (χ1v) is 6.04. The van der Waals surface area contributed by atoms with Crippen LogP contribution in [0.3, 0.4) is 0 Å². The molecule has 4 heteroatoms. The molecule has 17 heavy (non-hydrogen) atoms. The van der Waals surface area contributed by atoms with Gasteiger partial charge in [0.25, 0.3) is 0 Å². The average molecular weight is 237 g/mol. The van der Waals surface area contributed by atoms with E-state index in [9.17, 15) is 0 Å². The third-order valence-electron chi connectivity index (χ3n) is 2.75. The number of β-amino-alcohol motifs (C(OH)–C–C–N with tert-alkyl or cyclic N) is 1. The fraction of sp³-hybridized carbons (Fsp3) is 0.538. The quantitative estimate of drug-likeness (QED) is 0.805. The van der Waals surface area contributed by atoms with E-state index in [1.165, 1.54) is 0 Å². The second kappa shape index (κ2) is 5.89. The summed E-state index contributed by atoms with van der Waals surface area (Å²) in [7, 11) is 0. The van der Waals surface area contributed by atoms with Crippen LogP contribution < -0.4 is 9.47 Å². The van der Waals surface area contributed by atoms with E-state index in [0.29, 0.717) is 13.2 Å². The van der Waals surface area contributed by atoms with E-state index in [-0.39, 0.29) is 6.10 Å². The maximum absolute atomic E-state index is 9.15. The Kier molecular flexibility index (Phi) is 4.23. The van der Waals surface area contributed by atoms with E-state index in [2.05, 4.69) is 4.90 Å². The number of likely N-dealkylation sites (tertiary alicyclic amines) is 1. The van der Waals surface area contributed by atoms with Gasteiger partial charge in [0, 0.05) is 19.6 Å². The Hall–Kier alpha value is -1.26. The molecule has 94 valence electrons. The van der Waals surface area contributed by atoms with Gasteiger partial charge in [0.15, 0.2) is 11.5 Å². The molecule has 0 aliphatic carbocycles. The van der Waals surface area contributed by atoms with Crippen molar-refractivity contribution in [2.75, 3.05) is 32.8 Å². The van der Waals surface area contributed by atoms with Crippen LogP contribution in [-0.2, 0) is 0 Å². The minimum atomic E-state index is -0.147. The molecule has 1 aromatic carbocycles. The molecule has 1 N–H and O–H groups in total. The fourth-order valence-electron chi connectivity index (χ4n) is 1.85. The smallest absolute Gasteiger partial charge is 0.161 e. The van der Waals surface area contributed by atoms with Crippen LogP contribution in [0.4, 0.5) is 0 Å². The number of benzene rings is 1. The van der Waals surface area contributed by atoms with Gasteiger partial charge in [0.1, 0.15) is 6.61 Å². The molecule has 2 rings (SSSR count). The van der Waals surface area contributed by atoms with Crippen LogP contribution >= 0.6 is 0 Å². The highest BCUT2D eigenvalue weighted by Gasteiger charge is 2.23. The highest BCUT2D eigenvalue weighted by molar-refractivity contribution is 5.39. The van der Waals surface area contributed by atoms with Gasteiger partial charge in [-0.15, -0.1) is 0 Å². The number of nitrogens with zero attached hydrogens (tertiary/aromatic N) is 1. The van der Waals surface area contributed by atoms with Gasteiger partial charge in [-0.05, 0) is 19.1 Å². The van der Waals surface area contributed by atoms with E-state index in [0.717, 1.165) is 31.1 Å². The Labute approximate surface area is 102 Å². The SMILES string of the molecule is CCOc1ccccc1OCCN1CC(O)C1. The Bertz CT molecular complexity index is 350. The number of rotatable bonds is 6. The summed E-state index contributed by atoms with van der Waals surface area (Å²) in [5, 5.41) is 9.15. The highest BCUT2D eigenvalue weighted by Crippen LogP contribution is 2.26. The van der Waals surface area contributed by atoms with Crippen molar-refractivity contribution in [3.8, 4) is 11.5 Å². The lowest BCUT2D eigenvalue weighted by Crippen LogP contribution is -2.51. The van der Waals surface area contributed by atoms with Crippen molar-refractivity contribution in [1.82, 2.24) is 4.90 Å². The largest absolute Gasteiger partial charge is 0.490 e. The number of aliphatic hydroxyl groups excluding tert-OH is 1. The Morgan fingerprint density at radius 2 is 1.88 bits per heavy atom. The standard InChI is InChI=1S/C13H19NO3/c1-2-16-12-5-3-4-6-13(12)17-8-7-14-9-11(15)10-14/h3-6,11,15H,2,7-10H2,1H3. The van der Waals surface area contributed by atoms with Crippen molar-refractivity contribution < 1.29 is 14.6 Å².